The van der Waals surface area contributed by atoms with Gasteiger partial charge in [-0.15, -0.1) is 0 Å². The molecule has 1 unspecified atom stereocenters. The maximum atomic E-state index is 12.6. The van der Waals surface area contributed by atoms with Gasteiger partial charge in [0.2, 0.25) is 0 Å². The molecule has 2 saturated carbocycles. The van der Waals surface area contributed by atoms with E-state index in [1.807, 2.05) is 0 Å². The van der Waals surface area contributed by atoms with E-state index in [2.05, 4.69) is 40.3 Å². The van der Waals surface area contributed by atoms with Crippen molar-refractivity contribution >= 4 is 11.9 Å². The number of carbonyl (C=O) groups excluding carboxylic acids is 1. The van der Waals surface area contributed by atoms with E-state index in [0.29, 0.717) is 6.42 Å². The van der Waals surface area contributed by atoms with Crippen molar-refractivity contribution in [2.24, 2.45) is 28.6 Å². The van der Waals surface area contributed by atoms with E-state index in [1.165, 1.54) is 5.57 Å². The summed E-state index contributed by atoms with van der Waals surface area (Å²) in [5.74, 6) is -1.36. The second-order valence-electron chi connectivity index (χ2n) is 10.9. The third-order valence-corrected chi connectivity index (χ3v) is 8.06. The molecule has 2 N–H and O–H groups in total. The standard InChI is InChI=1S/C26H42O5/c1-16(2)9-8-13-26(7)20-11-10-18(5)19(15-22(27)28)25(20,6)14-12-21(26)31-24(30)23(29)17(3)4/h9,17,19-21,23,29H,5,8,10-15H2,1-4,6-7H3,(H,27,28)/t19-,20-,21+,23?,25-,26+/m1/s1. The number of carboxylic acids is 1. The molecule has 0 aromatic rings. The summed E-state index contributed by atoms with van der Waals surface area (Å²) >= 11 is 0. The Morgan fingerprint density at radius 1 is 1.26 bits per heavy atom. The Morgan fingerprint density at radius 3 is 2.45 bits per heavy atom. The molecule has 2 aliphatic carbocycles. The van der Waals surface area contributed by atoms with Crippen molar-refractivity contribution in [1.29, 1.82) is 0 Å². The van der Waals surface area contributed by atoms with Gasteiger partial charge >= 0.3 is 11.9 Å². The van der Waals surface area contributed by atoms with Crippen LogP contribution >= 0.6 is 0 Å². The normalized spacial score (nSPS) is 34.1. The first-order valence-electron chi connectivity index (χ1n) is 11.7. The van der Waals surface area contributed by atoms with Crippen molar-refractivity contribution in [2.75, 3.05) is 0 Å². The highest BCUT2D eigenvalue weighted by molar-refractivity contribution is 5.75. The van der Waals surface area contributed by atoms with E-state index < -0.39 is 18.0 Å². The van der Waals surface area contributed by atoms with Gasteiger partial charge in [-0.05, 0) is 75.5 Å². The molecule has 0 spiro atoms. The first kappa shape index (κ1) is 25.6. The van der Waals surface area contributed by atoms with Crippen LogP contribution in [0.25, 0.3) is 0 Å². The fourth-order valence-electron chi connectivity index (χ4n) is 6.21. The molecule has 0 heterocycles. The maximum absolute atomic E-state index is 12.6. The monoisotopic (exact) mass is 434 g/mol. The van der Waals surface area contributed by atoms with Crippen LogP contribution in [0.5, 0.6) is 0 Å². The molecule has 0 amide bonds. The summed E-state index contributed by atoms with van der Waals surface area (Å²) in [5.41, 5.74) is 1.82. The van der Waals surface area contributed by atoms with Crippen molar-refractivity contribution < 1.29 is 24.5 Å². The Hall–Kier alpha value is -1.62. The fraction of sp³-hybridized carbons (Fsp3) is 0.769. The highest BCUT2D eigenvalue weighted by Crippen LogP contribution is 2.63. The first-order valence-corrected chi connectivity index (χ1v) is 11.7. The second kappa shape index (κ2) is 9.89. The highest BCUT2D eigenvalue weighted by Gasteiger charge is 2.59. The number of hydrogen-bond acceptors (Lipinski definition) is 4. The third-order valence-electron chi connectivity index (χ3n) is 8.06. The van der Waals surface area contributed by atoms with Crippen molar-refractivity contribution in [3.05, 3.63) is 23.8 Å². The largest absolute Gasteiger partial charge is 0.481 e. The molecular formula is C26H42O5. The summed E-state index contributed by atoms with van der Waals surface area (Å²) in [7, 11) is 0. The Morgan fingerprint density at radius 2 is 1.90 bits per heavy atom. The van der Waals surface area contributed by atoms with Gasteiger partial charge in [0.05, 0.1) is 6.42 Å². The van der Waals surface area contributed by atoms with Gasteiger partial charge in [0, 0.05) is 5.41 Å². The lowest BCUT2D eigenvalue weighted by molar-refractivity contribution is -0.190. The molecule has 5 nitrogen and oxygen atoms in total. The molecule has 176 valence electrons. The van der Waals surface area contributed by atoms with Crippen molar-refractivity contribution in [3.8, 4) is 0 Å². The minimum absolute atomic E-state index is 0.0653. The van der Waals surface area contributed by atoms with Crippen LogP contribution in [0, 0.1) is 28.6 Å². The predicted octanol–water partition coefficient (Wildman–Crippen LogP) is 5.53. The predicted molar refractivity (Wildman–Crippen MR) is 122 cm³/mol. The van der Waals surface area contributed by atoms with E-state index in [0.717, 1.165) is 37.7 Å². The number of carboxylic acid groups (broad SMARTS) is 1. The quantitative estimate of drug-likeness (QED) is 0.388. The van der Waals surface area contributed by atoms with Gasteiger partial charge in [-0.25, -0.2) is 4.79 Å². The van der Waals surface area contributed by atoms with Gasteiger partial charge in [0.25, 0.3) is 0 Å². The van der Waals surface area contributed by atoms with Gasteiger partial charge < -0.3 is 14.9 Å². The van der Waals surface area contributed by atoms with Crippen LogP contribution in [-0.4, -0.2) is 34.4 Å². The number of carbonyl (C=O) groups is 2. The van der Waals surface area contributed by atoms with Gasteiger partial charge in [0.1, 0.15) is 6.10 Å². The zero-order valence-electron chi connectivity index (χ0n) is 20.2. The Labute approximate surface area is 187 Å². The summed E-state index contributed by atoms with van der Waals surface area (Å²) in [4.78, 5) is 24.3. The van der Waals surface area contributed by atoms with Crippen molar-refractivity contribution in [2.45, 2.75) is 98.7 Å². The van der Waals surface area contributed by atoms with Crippen LogP contribution in [0.15, 0.2) is 23.8 Å². The molecule has 0 radical (unpaired) electrons. The van der Waals surface area contributed by atoms with Crippen LogP contribution in [0.1, 0.15) is 86.5 Å². The topological polar surface area (TPSA) is 83.8 Å². The number of fused-ring (bicyclic) bond motifs is 1. The number of esters is 1. The van der Waals surface area contributed by atoms with E-state index in [-0.39, 0.29) is 41.1 Å². The molecule has 0 bridgehead atoms. The molecule has 5 heteroatoms. The van der Waals surface area contributed by atoms with Crippen molar-refractivity contribution in [3.63, 3.8) is 0 Å². The minimum Gasteiger partial charge on any atom is -0.481 e. The molecule has 31 heavy (non-hydrogen) atoms. The summed E-state index contributed by atoms with van der Waals surface area (Å²) in [6, 6.07) is 0. The average molecular weight is 435 g/mol. The van der Waals surface area contributed by atoms with Crippen LogP contribution < -0.4 is 0 Å². The van der Waals surface area contributed by atoms with Crippen LogP contribution in [0.3, 0.4) is 0 Å². The zero-order valence-corrected chi connectivity index (χ0v) is 20.2. The van der Waals surface area contributed by atoms with Gasteiger partial charge in [-0.1, -0.05) is 51.5 Å². The molecule has 0 aromatic carbocycles. The Balaban J connectivity index is 2.40. The highest BCUT2D eigenvalue weighted by atomic mass is 16.6. The number of allylic oxidation sites excluding steroid dienone is 3. The molecule has 2 rings (SSSR count). The van der Waals surface area contributed by atoms with Crippen LogP contribution in [0.2, 0.25) is 0 Å². The molecule has 0 aliphatic heterocycles. The smallest absolute Gasteiger partial charge is 0.335 e. The van der Waals surface area contributed by atoms with Crippen LogP contribution in [-0.2, 0) is 14.3 Å². The lowest BCUT2D eigenvalue weighted by Crippen LogP contribution is -2.57. The minimum atomic E-state index is -1.12. The van der Waals surface area contributed by atoms with Gasteiger partial charge in [-0.3, -0.25) is 4.79 Å². The lowest BCUT2D eigenvalue weighted by atomic mass is 9.45. The maximum Gasteiger partial charge on any atom is 0.335 e. The molecular weight excluding hydrogens is 392 g/mol. The summed E-state index contributed by atoms with van der Waals surface area (Å²) in [6.07, 6.45) is 5.87. The Kier molecular flexibility index (Phi) is 8.18. The average Bonchev–Trinajstić information content (AvgIpc) is 2.66. The zero-order chi connectivity index (χ0) is 23.6. The molecule has 0 saturated heterocycles. The number of aliphatic hydroxyl groups is 1. The molecule has 2 fully saturated rings. The fourth-order valence-corrected chi connectivity index (χ4v) is 6.21. The number of aliphatic hydroxyl groups excluding tert-OH is 1. The van der Waals surface area contributed by atoms with Gasteiger partial charge in [0.15, 0.2) is 6.10 Å². The van der Waals surface area contributed by atoms with E-state index in [1.54, 1.807) is 13.8 Å². The SMILES string of the molecule is C=C1CC[C@H]2[C@](C)(CCC=C(C)C)[C@@H](OC(=O)C(O)C(C)C)CC[C@]2(C)[C@@H]1CC(=O)O. The molecule has 6 atom stereocenters. The third kappa shape index (κ3) is 5.42. The number of ether oxygens (including phenoxy) is 1. The molecule has 2 aliphatic rings. The Bertz CT molecular complexity index is 719. The van der Waals surface area contributed by atoms with E-state index in [4.69, 9.17) is 4.74 Å². The lowest BCUT2D eigenvalue weighted by Gasteiger charge is -2.60. The van der Waals surface area contributed by atoms with Crippen molar-refractivity contribution in [1.82, 2.24) is 0 Å². The van der Waals surface area contributed by atoms with E-state index >= 15 is 0 Å². The summed E-state index contributed by atoms with van der Waals surface area (Å²) in [6.45, 7) is 16.4. The number of hydrogen-bond donors (Lipinski definition) is 2. The number of rotatable bonds is 8. The summed E-state index contributed by atoms with van der Waals surface area (Å²) < 4.78 is 5.98. The van der Waals surface area contributed by atoms with Crippen LogP contribution in [0.4, 0.5) is 0 Å². The molecule has 0 aromatic heterocycles. The second-order valence-corrected chi connectivity index (χ2v) is 10.9. The summed E-state index contributed by atoms with van der Waals surface area (Å²) in [5, 5.41) is 19.8. The first-order chi connectivity index (χ1) is 14.3. The number of aliphatic carboxylic acids is 1. The van der Waals surface area contributed by atoms with Gasteiger partial charge in [-0.2, -0.15) is 0 Å². The van der Waals surface area contributed by atoms with E-state index in [9.17, 15) is 19.8 Å².